The molecule has 0 aliphatic heterocycles. The van der Waals surface area contributed by atoms with Crippen molar-refractivity contribution in [1.29, 1.82) is 0 Å². The highest BCUT2D eigenvalue weighted by atomic mass is 14.8. The second kappa shape index (κ2) is 4.20. The molecule has 2 heterocycles. The molecule has 0 aromatic carbocycles. The Hall–Kier alpha value is -1.44. The van der Waals surface area contributed by atoms with Gasteiger partial charge in [-0.1, -0.05) is 12.8 Å². The molecule has 2 heteroatoms. The van der Waals surface area contributed by atoms with Crippen LogP contribution in [0.4, 0.5) is 0 Å². The van der Waals surface area contributed by atoms with Crippen LogP contribution in [-0.2, 0) is 12.8 Å². The molecule has 0 unspecified atom stereocenters. The van der Waals surface area contributed by atoms with Crippen molar-refractivity contribution >= 4 is 11.0 Å². The number of aryl methyl sites for hydroxylation is 2. The molecular formula is C14H16N2. The van der Waals surface area contributed by atoms with Gasteiger partial charge in [-0.25, -0.2) is 9.97 Å². The maximum atomic E-state index is 4.71. The highest BCUT2D eigenvalue weighted by Gasteiger charge is 2.09. The summed E-state index contributed by atoms with van der Waals surface area (Å²) in [7, 11) is 0. The lowest BCUT2D eigenvalue weighted by molar-refractivity contribution is 0.610. The summed E-state index contributed by atoms with van der Waals surface area (Å²) >= 11 is 0. The number of fused-ring (bicyclic) bond motifs is 2. The van der Waals surface area contributed by atoms with Gasteiger partial charge in [0.25, 0.3) is 0 Å². The van der Waals surface area contributed by atoms with E-state index >= 15 is 0 Å². The van der Waals surface area contributed by atoms with E-state index in [1.807, 2.05) is 12.3 Å². The van der Waals surface area contributed by atoms with Crippen LogP contribution >= 0.6 is 0 Å². The Kier molecular flexibility index (Phi) is 2.56. The Morgan fingerprint density at radius 3 is 2.81 bits per heavy atom. The maximum Gasteiger partial charge on any atom is 0.159 e. The minimum atomic E-state index is 0.904. The Labute approximate surface area is 95.7 Å². The van der Waals surface area contributed by atoms with Crippen molar-refractivity contribution in [3.8, 4) is 0 Å². The molecule has 16 heavy (non-hydrogen) atoms. The van der Waals surface area contributed by atoms with Crippen LogP contribution in [-0.4, -0.2) is 9.97 Å². The molecule has 0 fully saturated rings. The molecule has 82 valence electrons. The molecule has 0 amide bonds. The van der Waals surface area contributed by atoms with E-state index in [4.69, 9.17) is 4.98 Å². The zero-order valence-corrected chi connectivity index (χ0v) is 9.45. The third-order valence-electron chi connectivity index (χ3n) is 3.37. The molecule has 0 saturated carbocycles. The largest absolute Gasteiger partial charge is 0.237 e. The van der Waals surface area contributed by atoms with Crippen LogP contribution in [0.1, 0.15) is 36.9 Å². The third kappa shape index (κ3) is 1.80. The first-order valence-corrected chi connectivity index (χ1v) is 6.17. The molecule has 2 nitrogen and oxygen atoms in total. The van der Waals surface area contributed by atoms with Gasteiger partial charge in [0.1, 0.15) is 0 Å². The molecule has 2 aromatic heterocycles. The SMILES string of the molecule is c1cnc2nc3c(cc2c1)CCCCCC3. The molecule has 0 radical (unpaired) electrons. The number of nitrogens with zero attached hydrogens (tertiary/aromatic N) is 2. The Morgan fingerprint density at radius 2 is 1.88 bits per heavy atom. The van der Waals surface area contributed by atoms with Gasteiger partial charge < -0.3 is 0 Å². The van der Waals surface area contributed by atoms with Crippen LogP contribution in [0.3, 0.4) is 0 Å². The van der Waals surface area contributed by atoms with Gasteiger partial charge in [0.15, 0.2) is 5.65 Å². The van der Waals surface area contributed by atoms with Crippen LogP contribution in [0.5, 0.6) is 0 Å². The number of pyridine rings is 2. The topological polar surface area (TPSA) is 25.8 Å². The van der Waals surface area contributed by atoms with E-state index in [9.17, 15) is 0 Å². The van der Waals surface area contributed by atoms with Crippen molar-refractivity contribution in [1.82, 2.24) is 9.97 Å². The maximum absolute atomic E-state index is 4.71. The fourth-order valence-corrected chi connectivity index (χ4v) is 2.48. The zero-order chi connectivity index (χ0) is 10.8. The molecule has 1 aliphatic carbocycles. The van der Waals surface area contributed by atoms with Gasteiger partial charge in [-0.15, -0.1) is 0 Å². The second-order valence-electron chi connectivity index (χ2n) is 4.56. The first-order valence-electron chi connectivity index (χ1n) is 6.17. The van der Waals surface area contributed by atoms with E-state index in [1.54, 1.807) is 0 Å². The van der Waals surface area contributed by atoms with E-state index < -0.39 is 0 Å². The average Bonchev–Trinajstić information content (AvgIpc) is 2.29. The number of rotatable bonds is 0. The van der Waals surface area contributed by atoms with E-state index in [0.717, 1.165) is 12.1 Å². The number of hydrogen-bond donors (Lipinski definition) is 0. The van der Waals surface area contributed by atoms with Gasteiger partial charge in [0, 0.05) is 17.3 Å². The highest BCUT2D eigenvalue weighted by molar-refractivity contribution is 5.75. The highest BCUT2D eigenvalue weighted by Crippen LogP contribution is 2.21. The van der Waals surface area contributed by atoms with Crippen LogP contribution in [0.2, 0.25) is 0 Å². The molecule has 0 atom stereocenters. The zero-order valence-electron chi connectivity index (χ0n) is 9.45. The lowest BCUT2D eigenvalue weighted by atomic mass is 9.96. The Bertz CT molecular complexity index is 459. The summed E-state index contributed by atoms with van der Waals surface area (Å²) in [6, 6.07) is 6.38. The standard InChI is InChI=1S/C14H16N2/c1-2-4-8-13-11(6-3-1)10-12-7-5-9-15-14(12)16-13/h5,7,9-10H,1-4,6,8H2. The summed E-state index contributed by atoms with van der Waals surface area (Å²) in [4.78, 5) is 9.04. The summed E-state index contributed by atoms with van der Waals surface area (Å²) in [6.07, 6.45) is 9.43. The molecule has 0 spiro atoms. The van der Waals surface area contributed by atoms with Gasteiger partial charge in [0.2, 0.25) is 0 Å². The average molecular weight is 212 g/mol. The fraction of sp³-hybridized carbons (Fsp3) is 0.429. The minimum Gasteiger partial charge on any atom is -0.237 e. The fourth-order valence-electron chi connectivity index (χ4n) is 2.48. The first kappa shape index (κ1) is 9.76. The van der Waals surface area contributed by atoms with Gasteiger partial charge in [-0.05, 0) is 49.4 Å². The Morgan fingerprint density at radius 1 is 1.00 bits per heavy atom. The molecule has 0 saturated heterocycles. The normalized spacial score (nSPS) is 16.5. The molecule has 0 bridgehead atoms. The van der Waals surface area contributed by atoms with E-state index in [1.165, 1.54) is 48.7 Å². The monoisotopic (exact) mass is 212 g/mol. The van der Waals surface area contributed by atoms with Crippen molar-refractivity contribution in [3.63, 3.8) is 0 Å². The molecule has 1 aliphatic rings. The van der Waals surface area contributed by atoms with Crippen molar-refractivity contribution in [2.45, 2.75) is 38.5 Å². The predicted octanol–water partition coefficient (Wildman–Crippen LogP) is 3.29. The lowest BCUT2D eigenvalue weighted by Crippen LogP contribution is -2.03. The smallest absolute Gasteiger partial charge is 0.159 e. The van der Waals surface area contributed by atoms with Crippen molar-refractivity contribution in [3.05, 3.63) is 35.7 Å². The summed E-state index contributed by atoms with van der Waals surface area (Å²) in [5, 5.41) is 1.18. The van der Waals surface area contributed by atoms with Gasteiger partial charge in [-0.2, -0.15) is 0 Å². The molecule has 3 rings (SSSR count). The van der Waals surface area contributed by atoms with E-state index in [2.05, 4.69) is 17.1 Å². The first-order chi connectivity index (χ1) is 7.93. The third-order valence-corrected chi connectivity index (χ3v) is 3.37. The van der Waals surface area contributed by atoms with Gasteiger partial charge in [-0.3, -0.25) is 0 Å². The number of aromatic nitrogens is 2. The van der Waals surface area contributed by atoms with E-state index in [-0.39, 0.29) is 0 Å². The van der Waals surface area contributed by atoms with Crippen molar-refractivity contribution in [2.75, 3.05) is 0 Å². The van der Waals surface area contributed by atoms with Crippen molar-refractivity contribution < 1.29 is 0 Å². The van der Waals surface area contributed by atoms with Crippen LogP contribution in [0.15, 0.2) is 24.4 Å². The summed E-state index contributed by atoms with van der Waals surface area (Å²) < 4.78 is 0. The quantitative estimate of drug-likeness (QED) is 0.669. The number of hydrogen-bond acceptors (Lipinski definition) is 2. The van der Waals surface area contributed by atoms with E-state index in [0.29, 0.717) is 0 Å². The summed E-state index contributed by atoms with van der Waals surface area (Å²) in [5.74, 6) is 0. The van der Waals surface area contributed by atoms with Gasteiger partial charge >= 0.3 is 0 Å². The summed E-state index contributed by atoms with van der Waals surface area (Å²) in [5.41, 5.74) is 3.63. The van der Waals surface area contributed by atoms with Crippen LogP contribution in [0.25, 0.3) is 11.0 Å². The van der Waals surface area contributed by atoms with Crippen molar-refractivity contribution in [2.24, 2.45) is 0 Å². The minimum absolute atomic E-state index is 0.904. The van der Waals surface area contributed by atoms with Crippen LogP contribution < -0.4 is 0 Å². The van der Waals surface area contributed by atoms with Gasteiger partial charge in [0.05, 0.1) is 0 Å². The predicted molar refractivity (Wildman–Crippen MR) is 65.4 cm³/mol. The summed E-state index contributed by atoms with van der Waals surface area (Å²) in [6.45, 7) is 0. The Balaban J connectivity index is 2.12. The molecule has 0 N–H and O–H groups in total. The molecular weight excluding hydrogens is 196 g/mol. The molecule has 2 aromatic rings. The lowest BCUT2D eigenvalue weighted by Gasteiger charge is -2.13. The van der Waals surface area contributed by atoms with Crippen LogP contribution in [0, 0.1) is 0 Å². The second-order valence-corrected chi connectivity index (χ2v) is 4.56.